The fourth-order valence-corrected chi connectivity index (χ4v) is 2.00. The van der Waals surface area contributed by atoms with Crippen LogP contribution in [0.1, 0.15) is 20.3 Å². The van der Waals surface area contributed by atoms with Gasteiger partial charge in [0.15, 0.2) is 0 Å². The van der Waals surface area contributed by atoms with Gasteiger partial charge in [-0.05, 0) is 32.6 Å². The van der Waals surface area contributed by atoms with Gasteiger partial charge >= 0.3 is 0 Å². The van der Waals surface area contributed by atoms with Crippen molar-refractivity contribution >= 4 is 0 Å². The van der Waals surface area contributed by atoms with Gasteiger partial charge in [-0.3, -0.25) is 0 Å². The molecule has 1 aliphatic heterocycles. The molecule has 0 unspecified atom stereocenters. The zero-order valence-electron chi connectivity index (χ0n) is 10.00. The molecular formula is C11H25N3O. The third-order valence-corrected chi connectivity index (χ3v) is 3.13. The van der Waals surface area contributed by atoms with E-state index in [9.17, 15) is 5.11 Å². The second kappa shape index (κ2) is 7.17. The Labute approximate surface area is 93.0 Å². The van der Waals surface area contributed by atoms with Crippen LogP contribution in [0.3, 0.4) is 0 Å². The van der Waals surface area contributed by atoms with Crippen LogP contribution in [0.2, 0.25) is 0 Å². The first-order chi connectivity index (χ1) is 7.27. The molecule has 90 valence electrons. The SMILES string of the molecule is CCN(CC)CCCN[C@@H]1CNC[C@H]1O. The van der Waals surface area contributed by atoms with Gasteiger partial charge in [0.2, 0.25) is 0 Å². The molecule has 0 saturated carbocycles. The highest BCUT2D eigenvalue weighted by molar-refractivity contribution is 4.86. The summed E-state index contributed by atoms with van der Waals surface area (Å²) in [6.07, 6.45) is 0.948. The van der Waals surface area contributed by atoms with E-state index in [4.69, 9.17) is 0 Å². The van der Waals surface area contributed by atoms with E-state index < -0.39 is 0 Å². The number of hydrogen-bond donors (Lipinski definition) is 3. The van der Waals surface area contributed by atoms with E-state index >= 15 is 0 Å². The van der Waals surface area contributed by atoms with E-state index in [1.54, 1.807) is 0 Å². The summed E-state index contributed by atoms with van der Waals surface area (Å²) in [5.41, 5.74) is 0. The molecule has 0 amide bonds. The van der Waals surface area contributed by atoms with E-state index in [1.165, 1.54) is 0 Å². The third-order valence-electron chi connectivity index (χ3n) is 3.13. The van der Waals surface area contributed by atoms with E-state index in [1.807, 2.05) is 0 Å². The third kappa shape index (κ3) is 4.47. The molecule has 0 aromatic carbocycles. The summed E-state index contributed by atoms with van der Waals surface area (Å²) in [4.78, 5) is 2.42. The molecule has 4 nitrogen and oxygen atoms in total. The Hall–Kier alpha value is -0.160. The van der Waals surface area contributed by atoms with Crippen molar-refractivity contribution < 1.29 is 5.11 Å². The van der Waals surface area contributed by atoms with Crippen molar-refractivity contribution in [3.05, 3.63) is 0 Å². The van der Waals surface area contributed by atoms with Crippen LogP contribution in [0.15, 0.2) is 0 Å². The van der Waals surface area contributed by atoms with Crippen molar-refractivity contribution in [2.45, 2.75) is 32.4 Å². The standard InChI is InChI=1S/C11H25N3O/c1-3-14(4-2)7-5-6-13-10-8-12-9-11(10)15/h10-13,15H,3-9H2,1-2H3/t10-,11-/m1/s1. The summed E-state index contributed by atoms with van der Waals surface area (Å²) >= 11 is 0. The first-order valence-corrected chi connectivity index (χ1v) is 6.12. The quantitative estimate of drug-likeness (QED) is 0.508. The summed E-state index contributed by atoms with van der Waals surface area (Å²) in [5, 5.41) is 16.1. The highest BCUT2D eigenvalue weighted by Gasteiger charge is 2.23. The second-order valence-electron chi connectivity index (χ2n) is 4.17. The van der Waals surface area contributed by atoms with Crippen LogP contribution in [0, 0.1) is 0 Å². The maximum atomic E-state index is 9.55. The maximum absolute atomic E-state index is 9.55. The number of nitrogens with zero attached hydrogens (tertiary/aromatic N) is 1. The Morgan fingerprint density at radius 1 is 1.33 bits per heavy atom. The normalized spacial score (nSPS) is 26.4. The van der Waals surface area contributed by atoms with Crippen molar-refractivity contribution in [2.24, 2.45) is 0 Å². The molecule has 2 atom stereocenters. The molecule has 0 aliphatic carbocycles. The van der Waals surface area contributed by atoms with Crippen LogP contribution in [0.25, 0.3) is 0 Å². The minimum atomic E-state index is -0.210. The van der Waals surface area contributed by atoms with E-state index in [-0.39, 0.29) is 12.1 Å². The topological polar surface area (TPSA) is 47.5 Å². The number of hydrogen-bond acceptors (Lipinski definition) is 4. The van der Waals surface area contributed by atoms with Gasteiger partial charge < -0.3 is 20.6 Å². The Morgan fingerprint density at radius 2 is 2.07 bits per heavy atom. The average molecular weight is 215 g/mol. The Morgan fingerprint density at radius 3 is 2.60 bits per heavy atom. The lowest BCUT2D eigenvalue weighted by molar-refractivity contribution is 0.162. The largest absolute Gasteiger partial charge is 0.390 e. The molecule has 3 N–H and O–H groups in total. The predicted octanol–water partition coefficient (Wildman–Crippen LogP) is -0.359. The van der Waals surface area contributed by atoms with Crippen LogP contribution < -0.4 is 10.6 Å². The lowest BCUT2D eigenvalue weighted by Gasteiger charge is -2.19. The minimum absolute atomic E-state index is 0.210. The van der Waals surface area contributed by atoms with Crippen molar-refractivity contribution in [2.75, 3.05) is 39.3 Å². The molecule has 1 aliphatic rings. The molecule has 1 fully saturated rings. The van der Waals surface area contributed by atoms with Crippen LogP contribution in [-0.4, -0.2) is 61.4 Å². The molecule has 0 bridgehead atoms. The summed E-state index contributed by atoms with van der Waals surface area (Å²) in [7, 11) is 0. The minimum Gasteiger partial charge on any atom is -0.390 e. The molecule has 15 heavy (non-hydrogen) atoms. The van der Waals surface area contributed by atoms with Gasteiger partial charge in [-0.15, -0.1) is 0 Å². The smallest absolute Gasteiger partial charge is 0.0829 e. The van der Waals surface area contributed by atoms with Gasteiger partial charge in [0.1, 0.15) is 0 Å². The fraction of sp³-hybridized carbons (Fsp3) is 1.00. The van der Waals surface area contributed by atoms with Crippen LogP contribution in [-0.2, 0) is 0 Å². The van der Waals surface area contributed by atoms with Gasteiger partial charge in [0.05, 0.1) is 6.10 Å². The first-order valence-electron chi connectivity index (χ1n) is 6.12. The second-order valence-corrected chi connectivity index (χ2v) is 4.17. The molecule has 0 aromatic rings. The van der Waals surface area contributed by atoms with Gasteiger partial charge in [-0.2, -0.15) is 0 Å². The summed E-state index contributed by atoms with van der Waals surface area (Å²) in [5.74, 6) is 0. The number of β-amino-alcohol motifs (C(OH)–C–C–N with tert-alkyl or cyclic N) is 1. The van der Waals surface area contributed by atoms with Crippen molar-refractivity contribution in [1.82, 2.24) is 15.5 Å². The van der Waals surface area contributed by atoms with Gasteiger partial charge in [-0.1, -0.05) is 13.8 Å². The molecule has 0 spiro atoms. The van der Waals surface area contributed by atoms with Gasteiger partial charge in [0, 0.05) is 19.1 Å². The summed E-state index contributed by atoms with van der Waals surface area (Å²) in [6, 6.07) is 0.252. The highest BCUT2D eigenvalue weighted by atomic mass is 16.3. The van der Waals surface area contributed by atoms with Crippen molar-refractivity contribution in [1.29, 1.82) is 0 Å². The van der Waals surface area contributed by atoms with Gasteiger partial charge in [-0.25, -0.2) is 0 Å². The number of nitrogens with one attached hydrogen (secondary N) is 2. The average Bonchev–Trinajstić information content (AvgIpc) is 2.65. The molecule has 4 heteroatoms. The van der Waals surface area contributed by atoms with Crippen LogP contribution in [0.4, 0.5) is 0 Å². The predicted molar refractivity (Wildman–Crippen MR) is 63.1 cm³/mol. The van der Waals surface area contributed by atoms with Crippen molar-refractivity contribution in [3.8, 4) is 0 Å². The molecule has 0 aromatic heterocycles. The Bertz CT molecular complexity index is 162. The first kappa shape index (κ1) is 12.9. The van der Waals surface area contributed by atoms with E-state index in [0.717, 1.165) is 45.7 Å². The van der Waals surface area contributed by atoms with Crippen LogP contribution >= 0.6 is 0 Å². The molecule has 0 radical (unpaired) electrons. The van der Waals surface area contributed by atoms with Gasteiger partial charge in [0.25, 0.3) is 0 Å². The van der Waals surface area contributed by atoms with E-state index in [0.29, 0.717) is 0 Å². The monoisotopic (exact) mass is 215 g/mol. The fourth-order valence-electron chi connectivity index (χ4n) is 2.00. The summed E-state index contributed by atoms with van der Waals surface area (Å²) in [6.45, 7) is 10.4. The number of rotatable bonds is 7. The van der Waals surface area contributed by atoms with Crippen molar-refractivity contribution in [3.63, 3.8) is 0 Å². The number of aliphatic hydroxyl groups excluding tert-OH is 1. The summed E-state index contributed by atoms with van der Waals surface area (Å²) < 4.78 is 0. The number of aliphatic hydroxyl groups is 1. The Balaban J connectivity index is 2.01. The lowest BCUT2D eigenvalue weighted by Crippen LogP contribution is -2.40. The molecule has 1 rings (SSSR count). The molecule has 1 saturated heterocycles. The zero-order chi connectivity index (χ0) is 11.1. The Kier molecular flexibility index (Phi) is 6.17. The lowest BCUT2D eigenvalue weighted by atomic mass is 10.2. The highest BCUT2D eigenvalue weighted by Crippen LogP contribution is 1.99. The van der Waals surface area contributed by atoms with Crippen LogP contribution in [0.5, 0.6) is 0 Å². The zero-order valence-corrected chi connectivity index (χ0v) is 10.00. The maximum Gasteiger partial charge on any atom is 0.0829 e. The molecular weight excluding hydrogens is 190 g/mol. The molecule has 1 heterocycles. The van der Waals surface area contributed by atoms with E-state index in [2.05, 4.69) is 29.4 Å².